The highest BCUT2D eigenvalue weighted by molar-refractivity contribution is 6.32. The lowest BCUT2D eigenvalue weighted by molar-refractivity contribution is 0.373. The lowest BCUT2D eigenvalue weighted by atomic mass is 10.2. The maximum atomic E-state index is 13.3. The molecule has 0 radical (unpaired) electrons. The van der Waals surface area contributed by atoms with Crippen LogP contribution in [0.1, 0.15) is 5.56 Å². The molecule has 0 bridgehead atoms. The summed E-state index contributed by atoms with van der Waals surface area (Å²) >= 11 is 6.07. The molecule has 0 saturated carbocycles. The number of hydrogen-bond donors (Lipinski definition) is 1. The number of hydrogen-bond acceptors (Lipinski definition) is 6. The standard InChI is InChI=1S/C24H16ClN3O4/c1-31-20-11-14(10-17(25)22(20)29)13-26-28-23(21-12-15-6-2-5-9-19(15)32-21)27-18-8-4-3-7-16(18)24(28)30/h2-13,29H,1H3. The number of phenolic OH excluding ortho intramolecular Hbond substituents is 1. The minimum Gasteiger partial charge on any atom is -0.503 e. The predicted molar refractivity (Wildman–Crippen MR) is 124 cm³/mol. The fourth-order valence-corrected chi connectivity index (χ4v) is 3.65. The Balaban J connectivity index is 1.72. The first-order valence-corrected chi connectivity index (χ1v) is 10.0. The number of aromatic hydroxyl groups is 1. The maximum Gasteiger partial charge on any atom is 0.282 e. The van der Waals surface area contributed by atoms with E-state index in [0.29, 0.717) is 27.8 Å². The van der Waals surface area contributed by atoms with Gasteiger partial charge in [0, 0.05) is 5.39 Å². The molecular formula is C24H16ClN3O4. The van der Waals surface area contributed by atoms with Crippen molar-refractivity contribution in [1.29, 1.82) is 0 Å². The van der Waals surface area contributed by atoms with Crippen molar-refractivity contribution in [2.75, 3.05) is 7.11 Å². The van der Waals surface area contributed by atoms with Crippen LogP contribution in [-0.4, -0.2) is 28.1 Å². The van der Waals surface area contributed by atoms with Crippen LogP contribution in [-0.2, 0) is 0 Å². The number of nitrogens with zero attached hydrogens (tertiary/aromatic N) is 3. The van der Waals surface area contributed by atoms with Gasteiger partial charge in [0.25, 0.3) is 5.56 Å². The number of phenols is 1. The Labute approximate surface area is 186 Å². The summed E-state index contributed by atoms with van der Waals surface area (Å²) in [7, 11) is 1.42. The molecule has 2 heterocycles. The molecule has 0 amide bonds. The van der Waals surface area contributed by atoms with E-state index in [-0.39, 0.29) is 27.9 Å². The van der Waals surface area contributed by atoms with Gasteiger partial charge in [-0.3, -0.25) is 4.79 Å². The number of para-hydroxylation sites is 2. The van der Waals surface area contributed by atoms with E-state index in [0.717, 1.165) is 5.39 Å². The van der Waals surface area contributed by atoms with Crippen LogP contribution in [0.25, 0.3) is 33.5 Å². The third-order valence-electron chi connectivity index (χ3n) is 4.99. The molecule has 1 N–H and O–H groups in total. The molecule has 8 heteroatoms. The highest BCUT2D eigenvalue weighted by Crippen LogP contribution is 2.34. The summed E-state index contributed by atoms with van der Waals surface area (Å²) in [6.45, 7) is 0. The summed E-state index contributed by atoms with van der Waals surface area (Å²) in [6.07, 6.45) is 1.44. The average molecular weight is 446 g/mol. The second kappa shape index (κ2) is 7.86. The van der Waals surface area contributed by atoms with Gasteiger partial charge in [-0.2, -0.15) is 9.78 Å². The Morgan fingerprint density at radius 2 is 1.91 bits per heavy atom. The largest absolute Gasteiger partial charge is 0.503 e. The molecule has 0 atom stereocenters. The summed E-state index contributed by atoms with van der Waals surface area (Å²) < 4.78 is 12.3. The molecule has 3 aromatic carbocycles. The van der Waals surface area contributed by atoms with Gasteiger partial charge in [-0.1, -0.05) is 41.9 Å². The molecule has 2 aromatic heterocycles. The predicted octanol–water partition coefficient (Wildman–Crippen LogP) is 5.06. The zero-order valence-corrected chi connectivity index (χ0v) is 17.6. The molecule has 158 valence electrons. The van der Waals surface area contributed by atoms with Crippen molar-refractivity contribution in [3.05, 3.63) is 87.7 Å². The summed E-state index contributed by atoms with van der Waals surface area (Å²) in [5, 5.41) is 15.7. The summed E-state index contributed by atoms with van der Waals surface area (Å²) in [4.78, 5) is 17.9. The lowest BCUT2D eigenvalue weighted by Gasteiger charge is -2.08. The van der Waals surface area contributed by atoms with Gasteiger partial charge in [-0.15, -0.1) is 0 Å². The zero-order chi connectivity index (χ0) is 22.2. The lowest BCUT2D eigenvalue weighted by Crippen LogP contribution is -2.20. The van der Waals surface area contributed by atoms with Crippen LogP contribution in [0, 0.1) is 0 Å². The normalized spacial score (nSPS) is 11.6. The van der Waals surface area contributed by atoms with Gasteiger partial charge in [-0.25, -0.2) is 4.98 Å². The van der Waals surface area contributed by atoms with Crippen LogP contribution in [0.4, 0.5) is 0 Å². The minimum atomic E-state index is -0.348. The van der Waals surface area contributed by atoms with Gasteiger partial charge >= 0.3 is 0 Å². The van der Waals surface area contributed by atoms with Crippen molar-refractivity contribution in [1.82, 2.24) is 9.66 Å². The molecule has 7 nitrogen and oxygen atoms in total. The molecule has 5 aromatic rings. The van der Waals surface area contributed by atoms with E-state index in [9.17, 15) is 9.90 Å². The van der Waals surface area contributed by atoms with Crippen LogP contribution in [0.2, 0.25) is 5.02 Å². The third kappa shape index (κ3) is 3.38. The summed E-state index contributed by atoms with van der Waals surface area (Å²) in [5.74, 6) is 0.699. The second-order valence-corrected chi connectivity index (χ2v) is 7.42. The van der Waals surface area contributed by atoms with Crippen LogP contribution in [0.3, 0.4) is 0 Å². The minimum absolute atomic E-state index is 0.104. The molecule has 0 aliphatic heterocycles. The number of furan rings is 1. The summed E-state index contributed by atoms with van der Waals surface area (Å²) in [6, 6.07) is 19.5. The topological polar surface area (TPSA) is 89.9 Å². The second-order valence-electron chi connectivity index (χ2n) is 7.02. The SMILES string of the molecule is COc1cc(C=Nn2c(-c3cc4ccccc4o3)nc3ccccc3c2=O)cc(Cl)c1O. The third-order valence-corrected chi connectivity index (χ3v) is 5.28. The zero-order valence-electron chi connectivity index (χ0n) is 16.8. The van der Waals surface area contributed by atoms with Gasteiger partial charge in [0.05, 0.1) is 29.2 Å². The van der Waals surface area contributed by atoms with Crippen molar-refractivity contribution >= 4 is 39.7 Å². The number of halogens is 1. The molecule has 5 rings (SSSR count). The first-order chi connectivity index (χ1) is 15.5. The molecule has 0 aliphatic rings. The van der Waals surface area contributed by atoms with Crippen LogP contribution < -0.4 is 10.3 Å². The fourth-order valence-electron chi connectivity index (χ4n) is 3.43. The van der Waals surface area contributed by atoms with Gasteiger partial charge < -0.3 is 14.3 Å². The Morgan fingerprint density at radius 3 is 2.72 bits per heavy atom. The van der Waals surface area contributed by atoms with Crippen molar-refractivity contribution in [2.45, 2.75) is 0 Å². The van der Waals surface area contributed by atoms with Crippen molar-refractivity contribution in [3.63, 3.8) is 0 Å². The van der Waals surface area contributed by atoms with E-state index in [2.05, 4.69) is 10.1 Å². The molecule has 0 unspecified atom stereocenters. The number of benzene rings is 3. The number of fused-ring (bicyclic) bond motifs is 2. The van der Waals surface area contributed by atoms with Gasteiger partial charge in [-0.05, 0) is 42.0 Å². The van der Waals surface area contributed by atoms with Crippen LogP contribution >= 0.6 is 11.6 Å². The van der Waals surface area contributed by atoms with Gasteiger partial charge in [0.15, 0.2) is 17.3 Å². The smallest absolute Gasteiger partial charge is 0.282 e. The molecule has 0 spiro atoms. The number of ether oxygens (including phenoxy) is 1. The Hall–Kier alpha value is -4.10. The van der Waals surface area contributed by atoms with Crippen molar-refractivity contribution in [3.8, 4) is 23.1 Å². The Morgan fingerprint density at radius 1 is 1.12 bits per heavy atom. The van der Waals surface area contributed by atoms with Crippen molar-refractivity contribution in [2.24, 2.45) is 5.10 Å². The van der Waals surface area contributed by atoms with Crippen molar-refractivity contribution < 1.29 is 14.3 Å². The van der Waals surface area contributed by atoms with E-state index in [1.54, 1.807) is 24.3 Å². The first-order valence-electron chi connectivity index (χ1n) is 9.67. The highest BCUT2D eigenvalue weighted by Gasteiger charge is 2.16. The number of aromatic nitrogens is 2. The summed E-state index contributed by atoms with van der Waals surface area (Å²) in [5.41, 5.74) is 1.39. The number of rotatable bonds is 4. The maximum absolute atomic E-state index is 13.3. The van der Waals surface area contributed by atoms with Crippen LogP contribution in [0.5, 0.6) is 11.5 Å². The monoisotopic (exact) mass is 445 g/mol. The van der Waals surface area contributed by atoms with E-state index in [1.807, 2.05) is 36.4 Å². The van der Waals surface area contributed by atoms with E-state index in [4.69, 9.17) is 20.8 Å². The molecule has 0 saturated heterocycles. The highest BCUT2D eigenvalue weighted by atomic mass is 35.5. The molecule has 0 aliphatic carbocycles. The van der Waals surface area contributed by atoms with E-state index >= 15 is 0 Å². The molecule has 0 fully saturated rings. The first kappa shape index (κ1) is 19.8. The Bertz CT molecular complexity index is 1540. The molecular weight excluding hydrogens is 430 g/mol. The fraction of sp³-hybridized carbons (Fsp3) is 0.0417. The quantitative estimate of drug-likeness (QED) is 0.390. The number of methoxy groups -OCH3 is 1. The van der Waals surface area contributed by atoms with E-state index in [1.165, 1.54) is 24.1 Å². The Kier molecular flexibility index (Phi) is 4.88. The molecule has 32 heavy (non-hydrogen) atoms. The van der Waals surface area contributed by atoms with Gasteiger partial charge in [0.2, 0.25) is 5.82 Å². The van der Waals surface area contributed by atoms with Crippen LogP contribution in [0.15, 0.2) is 81.0 Å². The van der Waals surface area contributed by atoms with Gasteiger partial charge in [0.1, 0.15) is 5.58 Å². The average Bonchev–Trinajstić information content (AvgIpc) is 3.24. The van der Waals surface area contributed by atoms with E-state index < -0.39 is 0 Å².